The highest BCUT2D eigenvalue weighted by atomic mass is 35.5. The third-order valence-electron chi connectivity index (χ3n) is 5.71. The normalized spacial score (nSPS) is 41.7. The third kappa shape index (κ3) is 4.82. The molecule has 0 unspecified atom stereocenters. The second-order valence-electron chi connectivity index (χ2n) is 7.83. The zero-order valence-corrected chi connectivity index (χ0v) is 18.7. The average Bonchev–Trinajstić information content (AvgIpc) is 2.81. The number of aliphatic hydroxyl groups excluding tert-OH is 8. The van der Waals surface area contributed by atoms with Gasteiger partial charge in [0.25, 0.3) is 0 Å². The van der Waals surface area contributed by atoms with Gasteiger partial charge in [0.15, 0.2) is 12.6 Å². The van der Waals surface area contributed by atoms with Gasteiger partial charge < -0.3 is 61.0 Å². The molecule has 0 aromatic carbocycles. The Morgan fingerprint density at radius 1 is 0.647 bits per heavy atom. The molecule has 2 saturated heterocycles. The molecule has 1 aliphatic carbocycles. The van der Waals surface area contributed by atoms with Crippen LogP contribution in [0.2, 0.25) is 0 Å². The lowest BCUT2D eigenvalue weighted by Gasteiger charge is -2.42. The molecule has 3 rings (SSSR count). The molecule has 16 heteroatoms. The Morgan fingerprint density at radius 3 is 1.26 bits per heavy atom. The van der Waals surface area contributed by atoms with E-state index in [1.54, 1.807) is 0 Å². The number of aliphatic hydroxyl groups is 8. The number of hydrogen-bond acceptors (Lipinski definition) is 14. The Labute approximate surface area is 201 Å². The van der Waals surface area contributed by atoms with Gasteiger partial charge in [0, 0.05) is 0 Å². The molecule has 34 heavy (non-hydrogen) atoms. The summed E-state index contributed by atoms with van der Waals surface area (Å²) in [6.07, 6.45) is -13.1. The minimum absolute atomic E-state index is 0.648. The van der Waals surface area contributed by atoms with Crippen LogP contribution >= 0.6 is 23.2 Å². The van der Waals surface area contributed by atoms with Gasteiger partial charge in [-0.3, -0.25) is 9.59 Å². The van der Waals surface area contributed by atoms with E-state index in [9.17, 15) is 40.2 Å². The summed E-state index contributed by atoms with van der Waals surface area (Å²) in [5.41, 5.74) is -1.30. The van der Waals surface area contributed by atoms with Gasteiger partial charge in [-0.2, -0.15) is 0 Å². The fraction of sp³-hybridized carbons (Fsp3) is 0.667. The van der Waals surface area contributed by atoms with E-state index in [1.807, 2.05) is 0 Å². The summed E-state index contributed by atoms with van der Waals surface area (Å²) in [5.74, 6) is -2.19. The van der Waals surface area contributed by atoms with Crippen molar-refractivity contribution in [1.29, 1.82) is 0 Å². The molecule has 0 amide bonds. The van der Waals surface area contributed by atoms with Crippen molar-refractivity contribution in [1.82, 2.24) is 10.6 Å². The van der Waals surface area contributed by atoms with Crippen LogP contribution < -0.4 is 10.6 Å². The topological polar surface area (TPSA) is 238 Å². The Morgan fingerprint density at radius 2 is 0.971 bits per heavy atom. The largest absolute Gasteiger partial charge is 0.394 e. The van der Waals surface area contributed by atoms with Gasteiger partial charge >= 0.3 is 0 Å². The lowest BCUT2D eigenvalue weighted by Crippen LogP contribution is -2.64. The maximum atomic E-state index is 12.8. The van der Waals surface area contributed by atoms with Gasteiger partial charge in [-0.15, -0.1) is 0 Å². The molecule has 0 aromatic heterocycles. The highest BCUT2D eigenvalue weighted by Gasteiger charge is 2.48. The summed E-state index contributed by atoms with van der Waals surface area (Å²) in [4.78, 5) is 25.6. The molecular formula is C18H24Cl2N2O12. The van der Waals surface area contributed by atoms with E-state index in [0.717, 1.165) is 0 Å². The SMILES string of the molecule is O=C1C(Cl)=C(N[C@H]2[C@@H](O)[C@@H](O)[C@H](CO)O[C@H]2O)C(=O)C(Cl)=C1N[C@@H]1[C@H](O)[C@H](O)[C@H](CO)O[C@@H]1O. The molecule has 2 aliphatic heterocycles. The molecule has 10 atom stereocenters. The van der Waals surface area contributed by atoms with Gasteiger partial charge in [0.1, 0.15) is 70.2 Å². The number of carbonyl (C=O) groups is 2. The molecule has 3 aliphatic rings. The van der Waals surface area contributed by atoms with Gasteiger partial charge in [0.2, 0.25) is 11.6 Å². The first-order valence-corrected chi connectivity index (χ1v) is 10.7. The summed E-state index contributed by atoms with van der Waals surface area (Å²) in [7, 11) is 0. The van der Waals surface area contributed by atoms with Crippen LogP contribution in [0.1, 0.15) is 0 Å². The fourth-order valence-electron chi connectivity index (χ4n) is 3.74. The fourth-order valence-corrected chi connectivity index (χ4v) is 4.21. The van der Waals surface area contributed by atoms with Crippen LogP contribution in [-0.4, -0.2) is 127 Å². The molecule has 192 valence electrons. The van der Waals surface area contributed by atoms with Crippen molar-refractivity contribution in [3.63, 3.8) is 0 Å². The quantitative estimate of drug-likeness (QED) is 0.144. The lowest BCUT2D eigenvalue weighted by molar-refractivity contribution is -0.253. The van der Waals surface area contributed by atoms with Gasteiger partial charge in [-0.05, 0) is 0 Å². The van der Waals surface area contributed by atoms with E-state index in [0.29, 0.717) is 0 Å². The third-order valence-corrected chi connectivity index (χ3v) is 6.44. The lowest BCUT2D eigenvalue weighted by atomic mass is 9.94. The van der Waals surface area contributed by atoms with Crippen LogP contribution in [0.15, 0.2) is 21.5 Å². The number of ether oxygens (including phenoxy) is 2. The molecule has 2 heterocycles. The highest BCUT2D eigenvalue weighted by molar-refractivity contribution is 6.55. The van der Waals surface area contributed by atoms with E-state index in [4.69, 9.17) is 42.9 Å². The maximum absolute atomic E-state index is 12.8. The van der Waals surface area contributed by atoms with Gasteiger partial charge in [-0.1, -0.05) is 23.2 Å². The molecule has 0 bridgehead atoms. The summed E-state index contributed by atoms with van der Waals surface area (Å²) in [6, 6.07) is -3.11. The van der Waals surface area contributed by atoms with Crippen LogP contribution in [0, 0.1) is 0 Å². The van der Waals surface area contributed by atoms with E-state index in [-0.39, 0.29) is 0 Å². The predicted octanol–water partition coefficient (Wildman–Crippen LogP) is -5.18. The second-order valence-corrected chi connectivity index (χ2v) is 8.59. The molecule has 0 saturated carbocycles. The molecule has 2 fully saturated rings. The number of ketones is 2. The van der Waals surface area contributed by atoms with E-state index < -0.39 is 108 Å². The number of hydrogen-bond donors (Lipinski definition) is 10. The maximum Gasteiger partial charge on any atom is 0.224 e. The molecule has 0 radical (unpaired) electrons. The predicted molar refractivity (Wildman–Crippen MR) is 110 cm³/mol. The van der Waals surface area contributed by atoms with Crippen molar-refractivity contribution >= 4 is 34.8 Å². The smallest absolute Gasteiger partial charge is 0.224 e. The van der Waals surface area contributed by atoms with Crippen molar-refractivity contribution in [2.45, 2.75) is 61.3 Å². The van der Waals surface area contributed by atoms with E-state index >= 15 is 0 Å². The van der Waals surface area contributed by atoms with Crippen LogP contribution in [0.25, 0.3) is 0 Å². The highest BCUT2D eigenvalue weighted by Crippen LogP contribution is 2.31. The summed E-state index contributed by atoms with van der Waals surface area (Å²) < 4.78 is 9.94. The minimum Gasteiger partial charge on any atom is -0.394 e. The Kier molecular flexibility index (Phi) is 8.55. The van der Waals surface area contributed by atoms with Crippen molar-refractivity contribution < 1.29 is 59.9 Å². The second kappa shape index (κ2) is 10.7. The zero-order chi connectivity index (χ0) is 25.5. The average molecular weight is 531 g/mol. The first kappa shape index (κ1) is 27.2. The number of allylic oxidation sites excluding steroid dienone is 2. The van der Waals surface area contributed by atoms with E-state index in [1.165, 1.54) is 0 Å². The number of Topliss-reactive ketones (excluding diaryl/α,β-unsaturated/α-hetero) is 2. The monoisotopic (exact) mass is 530 g/mol. The van der Waals surface area contributed by atoms with Crippen LogP contribution in [0.3, 0.4) is 0 Å². The summed E-state index contributed by atoms with van der Waals surface area (Å²) >= 11 is 12.1. The molecule has 10 N–H and O–H groups in total. The first-order valence-electron chi connectivity index (χ1n) is 9.97. The number of nitrogens with one attached hydrogen (secondary N) is 2. The number of rotatable bonds is 6. The van der Waals surface area contributed by atoms with Gasteiger partial charge in [-0.25, -0.2) is 0 Å². The summed E-state index contributed by atoms with van der Waals surface area (Å²) in [6.45, 7) is -1.44. The van der Waals surface area contributed by atoms with Crippen LogP contribution in [0.5, 0.6) is 0 Å². The Hall–Kier alpha value is -1.40. The van der Waals surface area contributed by atoms with Crippen molar-refractivity contribution in [2.75, 3.05) is 13.2 Å². The molecular weight excluding hydrogens is 507 g/mol. The van der Waals surface area contributed by atoms with Crippen LogP contribution in [-0.2, 0) is 19.1 Å². The molecule has 14 nitrogen and oxygen atoms in total. The minimum atomic E-state index is -1.83. The van der Waals surface area contributed by atoms with E-state index in [2.05, 4.69) is 10.6 Å². The Bertz CT molecular complexity index is 815. The van der Waals surface area contributed by atoms with Crippen molar-refractivity contribution in [3.8, 4) is 0 Å². The molecule has 0 aromatic rings. The Balaban J connectivity index is 1.81. The standard InChI is InChI=1S/C18H24Cl2N2O12/c19-5-7(21-9-15(29)11(25)3(1-23)33-17(9)31)13(27)6(20)8(14(5)28)22-10-16(30)12(26)4(2-24)34-18(10)32/h3-4,9-12,15-18,21-26,29-32H,1-2H2/t3-,4-,9-,10+,11-,12+,15+,16-,17+,18-/m0/s1. The number of halogens is 2. The first-order chi connectivity index (χ1) is 15.9. The van der Waals surface area contributed by atoms with Crippen LogP contribution in [0.4, 0.5) is 0 Å². The number of carbonyl (C=O) groups excluding carboxylic acids is 2. The molecule has 0 spiro atoms. The van der Waals surface area contributed by atoms with Gasteiger partial charge in [0.05, 0.1) is 13.2 Å². The van der Waals surface area contributed by atoms with Crippen molar-refractivity contribution in [3.05, 3.63) is 21.5 Å². The zero-order valence-electron chi connectivity index (χ0n) is 17.2. The van der Waals surface area contributed by atoms with Crippen molar-refractivity contribution in [2.24, 2.45) is 0 Å². The summed E-state index contributed by atoms with van der Waals surface area (Å²) in [5, 5.41) is 82.1.